The zero-order chi connectivity index (χ0) is 24.6. The quantitative estimate of drug-likeness (QED) is 0.472. The predicted octanol–water partition coefficient (Wildman–Crippen LogP) is 4.47. The Morgan fingerprint density at radius 3 is 2.76 bits per heavy atom. The number of halogens is 2. The summed E-state index contributed by atoms with van der Waals surface area (Å²) in [6.07, 6.45) is 2.57. The van der Waals surface area contributed by atoms with Gasteiger partial charge in [-0.1, -0.05) is 16.8 Å². The van der Waals surface area contributed by atoms with Gasteiger partial charge in [0, 0.05) is 17.2 Å². The van der Waals surface area contributed by atoms with Gasteiger partial charge in [0.15, 0.2) is 11.6 Å². The molecule has 3 N–H and O–H groups in total. The fourth-order valence-corrected chi connectivity index (χ4v) is 3.63. The van der Waals surface area contributed by atoms with E-state index in [1.807, 2.05) is 19.9 Å². The second kappa shape index (κ2) is 8.74. The number of aryl methyl sites for hydroxylation is 1. The topological polar surface area (TPSA) is 123 Å². The maximum atomic E-state index is 15.0. The van der Waals surface area contributed by atoms with Crippen molar-refractivity contribution in [3.05, 3.63) is 58.8 Å². The van der Waals surface area contributed by atoms with Crippen molar-refractivity contribution >= 4 is 17.6 Å². The number of nitrogens with one attached hydrogen (secondary N) is 1. The van der Waals surface area contributed by atoms with E-state index in [9.17, 15) is 14.4 Å². The van der Waals surface area contributed by atoms with Crippen LogP contribution in [0.1, 0.15) is 49.9 Å². The van der Waals surface area contributed by atoms with Crippen LogP contribution in [0.2, 0.25) is 0 Å². The maximum absolute atomic E-state index is 15.0. The number of aromatic nitrogens is 3. The van der Waals surface area contributed by atoms with Crippen molar-refractivity contribution in [2.24, 2.45) is 0 Å². The monoisotopic (exact) mass is 466 g/mol. The second-order valence-corrected chi connectivity index (χ2v) is 8.89. The lowest BCUT2D eigenvalue weighted by molar-refractivity contribution is -0.115. The van der Waals surface area contributed by atoms with E-state index in [-0.39, 0.29) is 39.6 Å². The smallest absolute Gasteiger partial charge is 0.231 e. The first kappa shape index (κ1) is 23.2. The summed E-state index contributed by atoms with van der Waals surface area (Å²) in [6.45, 7) is 7.65. The van der Waals surface area contributed by atoms with Crippen LogP contribution in [-0.4, -0.2) is 20.8 Å². The summed E-state index contributed by atoms with van der Waals surface area (Å²) in [5, 5.41) is 20.2. The molecule has 1 aliphatic carbocycles. The van der Waals surface area contributed by atoms with Crippen LogP contribution in [0.5, 0.6) is 0 Å². The molecule has 8 nitrogen and oxygen atoms in total. The molecule has 2 aromatic heterocycles. The Balaban J connectivity index is 1.52. The van der Waals surface area contributed by atoms with Crippen LogP contribution in [0.25, 0.3) is 11.3 Å². The van der Waals surface area contributed by atoms with Gasteiger partial charge in [-0.2, -0.15) is 10.4 Å². The summed E-state index contributed by atoms with van der Waals surface area (Å²) >= 11 is 0. The molecule has 0 saturated heterocycles. The number of hydrogen-bond donors (Lipinski definition) is 2. The number of benzene rings is 1. The van der Waals surface area contributed by atoms with Gasteiger partial charge in [-0.05, 0) is 45.6 Å². The van der Waals surface area contributed by atoms with Gasteiger partial charge in [0.05, 0.1) is 17.7 Å². The number of anilines is 2. The molecule has 10 heteroatoms. The fourth-order valence-electron chi connectivity index (χ4n) is 3.63. The minimum atomic E-state index is -1.20. The van der Waals surface area contributed by atoms with Gasteiger partial charge < -0.3 is 10.3 Å². The zero-order valence-corrected chi connectivity index (χ0v) is 18.9. The number of allylic oxidation sites excluding steroid dienone is 1. The van der Waals surface area contributed by atoms with Crippen molar-refractivity contribution < 1.29 is 18.1 Å². The van der Waals surface area contributed by atoms with Crippen molar-refractivity contribution in [3.8, 4) is 17.3 Å². The highest BCUT2D eigenvalue weighted by Crippen LogP contribution is 2.45. The van der Waals surface area contributed by atoms with Crippen LogP contribution in [0.4, 0.5) is 20.5 Å². The molecule has 0 radical (unpaired) electrons. The Bertz CT molecular complexity index is 1330. The first-order valence-electron chi connectivity index (χ1n) is 10.8. The lowest BCUT2D eigenvalue weighted by Gasteiger charge is -2.10. The molecule has 0 atom stereocenters. The molecular formula is C24H24F2N6O2. The Morgan fingerprint density at radius 1 is 1.38 bits per heavy atom. The Morgan fingerprint density at radius 2 is 2.12 bits per heavy atom. The maximum Gasteiger partial charge on any atom is 0.231 e. The number of carbonyl (C=O) groups is 1. The van der Waals surface area contributed by atoms with Crippen molar-refractivity contribution in [2.75, 3.05) is 11.1 Å². The number of nitriles is 1. The normalized spacial score (nSPS) is 14.0. The summed E-state index contributed by atoms with van der Waals surface area (Å²) in [4.78, 5) is 12.4. The van der Waals surface area contributed by atoms with Crippen molar-refractivity contribution in [3.63, 3.8) is 0 Å². The minimum absolute atomic E-state index is 0.00955. The molecule has 2 heterocycles. The van der Waals surface area contributed by atoms with Crippen molar-refractivity contribution in [1.29, 1.82) is 5.26 Å². The lowest BCUT2D eigenvalue weighted by Crippen LogP contribution is -2.16. The highest BCUT2D eigenvalue weighted by atomic mass is 19.2. The minimum Gasteiger partial charge on any atom is -0.383 e. The lowest BCUT2D eigenvalue weighted by atomic mass is 10.0. The van der Waals surface area contributed by atoms with Gasteiger partial charge in [0.2, 0.25) is 11.8 Å². The number of nitrogen functional groups attached to an aromatic ring is 1. The second-order valence-electron chi connectivity index (χ2n) is 8.89. The van der Waals surface area contributed by atoms with Gasteiger partial charge in [-0.3, -0.25) is 10.1 Å². The average Bonchev–Trinajstić information content (AvgIpc) is 3.22. The van der Waals surface area contributed by atoms with E-state index in [2.05, 4.69) is 22.2 Å². The summed E-state index contributed by atoms with van der Waals surface area (Å²) in [7, 11) is 0. The number of carbonyl (C=O) groups excluding carboxylic acids is 1. The van der Waals surface area contributed by atoms with E-state index in [0.29, 0.717) is 12.1 Å². The summed E-state index contributed by atoms with van der Waals surface area (Å²) in [5.74, 6) is -2.75. The first-order valence-corrected chi connectivity index (χ1v) is 10.8. The number of hydrogen-bond acceptors (Lipinski definition) is 6. The SMILES string of the molecule is C=C(C)CCc1cc(NC(=O)Cc2ccc(-c3nn(C4(C)CC4)c(N)c3C#N)c(F)c2F)on1. The van der Waals surface area contributed by atoms with Crippen molar-refractivity contribution in [2.45, 2.75) is 51.5 Å². The number of rotatable bonds is 8. The highest BCUT2D eigenvalue weighted by Gasteiger charge is 2.43. The van der Waals surface area contributed by atoms with Crippen LogP contribution in [0.15, 0.2) is 34.9 Å². The molecule has 3 aromatic rings. The number of amides is 1. The van der Waals surface area contributed by atoms with Gasteiger partial charge in [0.25, 0.3) is 0 Å². The molecule has 0 bridgehead atoms. The van der Waals surface area contributed by atoms with Gasteiger partial charge in [0.1, 0.15) is 23.1 Å². The molecule has 1 aromatic carbocycles. The molecule has 1 fully saturated rings. The highest BCUT2D eigenvalue weighted by molar-refractivity contribution is 5.91. The third-order valence-corrected chi connectivity index (χ3v) is 5.92. The average molecular weight is 466 g/mol. The summed E-state index contributed by atoms with van der Waals surface area (Å²) in [5.41, 5.74) is 7.00. The molecule has 1 amide bonds. The van der Waals surface area contributed by atoms with E-state index in [0.717, 1.165) is 24.8 Å². The zero-order valence-electron chi connectivity index (χ0n) is 18.9. The molecule has 34 heavy (non-hydrogen) atoms. The van der Waals surface area contributed by atoms with E-state index in [1.54, 1.807) is 6.07 Å². The van der Waals surface area contributed by atoms with Crippen LogP contribution >= 0.6 is 0 Å². The Labute approximate surface area is 195 Å². The molecule has 1 saturated carbocycles. The van der Waals surface area contributed by atoms with Gasteiger partial charge in [-0.15, -0.1) is 6.58 Å². The fraction of sp³-hybridized carbons (Fsp3) is 0.333. The molecule has 176 valence electrons. The van der Waals surface area contributed by atoms with Crippen molar-refractivity contribution in [1.82, 2.24) is 14.9 Å². The van der Waals surface area contributed by atoms with E-state index >= 15 is 4.39 Å². The predicted molar refractivity (Wildman–Crippen MR) is 122 cm³/mol. The first-order chi connectivity index (χ1) is 16.1. The summed E-state index contributed by atoms with van der Waals surface area (Å²) < 4.78 is 36.5. The third-order valence-electron chi connectivity index (χ3n) is 5.92. The molecule has 0 spiro atoms. The standard InChI is InChI=1S/C24H24F2N6O2/c1-13(2)4-6-15-11-19(34-31-15)29-18(33)10-14-5-7-16(21(26)20(14)25)22-17(12-27)23(28)32(30-22)24(3)8-9-24/h5,7,11H,1,4,6,8-10,28H2,2-3H3,(H,29,33). The van der Waals surface area contributed by atoms with Gasteiger partial charge in [-0.25, -0.2) is 13.5 Å². The van der Waals surface area contributed by atoms with Crippen LogP contribution in [0, 0.1) is 23.0 Å². The Kier molecular flexibility index (Phi) is 5.96. The van der Waals surface area contributed by atoms with E-state index in [4.69, 9.17) is 10.3 Å². The largest absolute Gasteiger partial charge is 0.383 e. The molecule has 0 unspecified atom stereocenters. The van der Waals surface area contributed by atoms with E-state index in [1.165, 1.54) is 16.8 Å². The van der Waals surface area contributed by atoms with Crippen LogP contribution < -0.4 is 11.1 Å². The van der Waals surface area contributed by atoms with Gasteiger partial charge >= 0.3 is 0 Å². The van der Waals surface area contributed by atoms with E-state index < -0.39 is 24.0 Å². The van der Waals surface area contributed by atoms with Crippen LogP contribution in [0.3, 0.4) is 0 Å². The number of nitrogens with zero attached hydrogens (tertiary/aromatic N) is 4. The Hall–Kier alpha value is -4.00. The molecule has 1 aliphatic rings. The number of nitrogens with two attached hydrogens (primary N) is 1. The molecule has 4 rings (SSSR count). The summed E-state index contributed by atoms with van der Waals surface area (Å²) in [6, 6.07) is 6.10. The van der Waals surface area contributed by atoms with Crippen LogP contribution in [-0.2, 0) is 23.2 Å². The third kappa shape index (κ3) is 4.41. The molecule has 0 aliphatic heterocycles. The molecular weight excluding hydrogens is 442 g/mol.